The molecule has 1 heterocycles. The van der Waals surface area contributed by atoms with E-state index in [0.717, 1.165) is 5.92 Å². The average molecular weight is 357 g/mol. The zero-order valence-electron chi connectivity index (χ0n) is 17.1. The fourth-order valence-corrected chi connectivity index (χ4v) is 4.69. The maximum atomic E-state index is 5.01. The van der Waals surface area contributed by atoms with E-state index >= 15 is 0 Å². The Labute approximate surface area is 161 Å². The lowest BCUT2D eigenvalue weighted by Gasteiger charge is -2.31. The van der Waals surface area contributed by atoms with Crippen molar-refractivity contribution in [2.24, 2.45) is 10.9 Å². The second-order valence-electron chi connectivity index (χ2n) is 8.83. The van der Waals surface area contributed by atoms with Gasteiger partial charge in [-0.3, -0.25) is 4.99 Å². The maximum Gasteiger partial charge on any atom is 0.0618 e. The first-order chi connectivity index (χ1) is 12.8. The first kappa shape index (κ1) is 19.9. The minimum atomic E-state index is 1.07. The second kappa shape index (κ2) is 11.1. The molecule has 0 atom stereocenters. The number of hydrogen-bond donors (Lipinski definition) is 0. The molecule has 0 aromatic rings. The summed E-state index contributed by atoms with van der Waals surface area (Å²) in [4.78, 5) is 7.59. The number of allylic oxidation sites excluding steroid dienone is 2. The summed E-state index contributed by atoms with van der Waals surface area (Å²) in [6, 6.07) is 0. The van der Waals surface area contributed by atoms with Crippen LogP contribution in [0.25, 0.3) is 0 Å². The topological polar surface area (TPSA) is 15.6 Å². The molecule has 0 radical (unpaired) electrons. The fourth-order valence-electron chi connectivity index (χ4n) is 4.69. The summed E-state index contributed by atoms with van der Waals surface area (Å²) in [7, 11) is 0. The van der Waals surface area contributed by atoms with Gasteiger partial charge in [-0.1, -0.05) is 57.4 Å². The van der Waals surface area contributed by atoms with Crippen LogP contribution in [0.5, 0.6) is 0 Å². The Kier molecular flexibility index (Phi) is 8.45. The Bertz CT molecular complexity index is 504. The molecule has 2 heteroatoms. The molecule has 0 spiro atoms. The lowest BCUT2D eigenvalue weighted by atomic mass is 9.98. The van der Waals surface area contributed by atoms with E-state index in [9.17, 15) is 0 Å². The quantitative estimate of drug-likeness (QED) is 0.298. The third-order valence-corrected chi connectivity index (χ3v) is 6.62. The van der Waals surface area contributed by atoms with Crippen molar-refractivity contribution in [2.75, 3.05) is 19.6 Å². The van der Waals surface area contributed by atoms with Crippen molar-refractivity contribution in [3.05, 3.63) is 23.4 Å². The Hall–Kier alpha value is -0.890. The molecule has 0 bridgehead atoms. The monoisotopic (exact) mass is 356 g/mol. The van der Waals surface area contributed by atoms with Crippen LogP contribution in [-0.4, -0.2) is 30.2 Å². The molecule has 3 aliphatic rings. The van der Waals surface area contributed by atoms with Gasteiger partial charge in [0.15, 0.2) is 0 Å². The van der Waals surface area contributed by atoms with Crippen molar-refractivity contribution in [2.45, 2.75) is 96.8 Å². The van der Waals surface area contributed by atoms with Gasteiger partial charge < -0.3 is 4.90 Å². The molecule has 1 saturated heterocycles. The van der Waals surface area contributed by atoms with E-state index in [2.05, 4.69) is 24.0 Å². The van der Waals surface area contributed by atoms with Crippen molar-refractivity contribution in [3.63, 3.8) is 0 Å². The summed E-state index contributed by atoms with van der Waals surface area (Å²) in [6.45, 7) is 6.09. The van der Waals surface area contributed by atoms with Crippen molar-refractivity contribution in [3.8, 4) is 0 Å². The van der Waals surface area contributed by atoms with E-state index in [1.807, 2.05) is 0 Å². The van der Waals surface area contributed by atoms with Gasteiger partial charge in [-0.05, 0) is 76.1 Å². The Balaban J connectivity index is 1.34. The molecule has 0 amide bonds. The van der Waals surface area contributed by atoms with Crippen LogP contribution in [0, 0.1) is 5.92 Å². The van der Waals surface area contributed by atoms with Crippen LogP contribution in [0.15, 0.2) is 28.4 Å². The highest BCUT2D eigenvalue weighted by molar-refractivity contribution is 5.83. The maximum absolute atomic E-state index is 5.01. The van der Waals surface area contributed by atoms with Crippen LogP contribution in [0.2, 0.25) is 0 Å². The Morgan fingerprint density at radius 2 is 1.88 bits per heavy atom. The van der Waals surface area contributed by atoms with E-state index in [0.29, 0.717) is 0 Å². The molecule has 2 nitrogen and oxygen atoms in total. The molecule has 3 rings (SSSR count). The highest BCUT2D eigenvalue weighted by Gasteiger charge is 2.16. The Morgan fingerprint density at radius 3 is 2.65 bits per heavy atom. The molecule has 26 heavy (non-hydrogen) atoms. The lowest BCUT2D eigenvalue weighted by molar-refractivity contribution is 0.183. The van der Waals surface area contributed by atoms with Crippen LogP contribution in [0.1, 0.15) is 96.8 Å². The molecule has 0 aromatic carbocycles. The summed E-state index contributed by atoms with van der Waals surface area (Å²) >= 11 is 0. The van der Waals surface area contributed by atoms with Gasteiger partial charge in [0.1, 0.15) is 0 Å². The van der Waals surface area contributed by atoms with E-state index in [4.69, 9.17) is 4.99 Å². The van der Waals surface area contributed by atoms with Crippen LogP contribution in [0.4, 0.5) is 0 Å². The minimum absolute atomic E-state index is 1.07. The molecule has 2 aliphatic carbocycles. The lowest BCUT2D eigenvalue weighted by Crippen LogP contribution is -2.37. The van der Waals surface area contributed by atoms with Crippen molar-refractivity contribution < 1.29 is 0 Å². The molecule has 0 aromatic heterocycles. The van der Waals surface area contributed by atoms with Crippen molar-refractivity contribution in [1.29, 1.82) is 0 Å². The van der Waals surface area contributed by atoms with E-state index < -0.39 is 0 Å². The predicted octanol–water partition coefficient (Wildman–Crippen LogP) is 6.68. The molecular formula is C24H40N2. The highest BCUT2D eigenvalue weighted by atomic mass is 15.2. The largest absolute Gasteiger partial charge is 0.303 e. The molecule has 1 saturated carbocycles. The van der Waals surface area contributed by atoms with Crippen LogP contribution in [-0.2, 0) is 0 Å². The summed E-state index contributed by atoms with van der Waals surface area (Å²) in [5, 5.41) is 0. The number of aliphatic imine (C=N–C) groups is 1. The smallest absolute Gasteiger partial charge is 0.0618 e. The van der Waals surface area contributed by atoms with Gasteiger partial charge in [-0.2, -0.15) is 0 Å². The number of likely N-dealkylation sites (tertiary alicyclic amines) is 1. The van der Waals surface area contributed by atoms with Gasteiger partial charge in [0.25, 0.3) is 0 Å². The first-order valence-electron chi connectivity index (χ1n) is 11.5. The van der Waals surface area contributed by atoms with Crippen LogP contribution < -0.4 is 0 Å². The standard InChI is InChI=1S/C24H40N2/c1-21(11-4-2-3-5-12-22-13-6-7-14-22)25-24-16-9-8-15-23(24)17-20-26-18-10-19-26/h9,16,22H,2-8,10-15,17-20H2,1H3/b25-21-. The zero-order chi connectivity index (χ0) is 18.0. The number of rotatable bonds is 11. The molecule has 146 valence electrons. The SMILES string of the molecule is C/C(CCCCCCC1CCCC1)=N/C1=C(CCN2CCC2)CCC=C1. The number of hydrogen-bond acceptors (Lipinski definition) is 2. The zero-order valence-corrected chi connectivity index (χ0v) is 17.1. The normalized spacial score (nSPS) is 22.3. The van der Waals surface area contributed by atoms with Gasteiger partial charge in [0.2, 0.25) is 0 Å². The summed E-state index contributed by atoms with van der Waals surface area (Å²) in [6.07, 6.45) is 23.9. The summed E-state index contributed by atoms with van der Waals surface area (Å²) < 4.78 is 0. The van der Waals surface area contributed by atoms with Gasteiger partial charge in [-0.15, -0.1) is 0 Å². The third kappa shape index (κ3) is 6.68. The number of nitrogens with zero attached hydrogens (tertiary/aromatic N) is 2. The molecular weight excluding hydrogens is 316 g/mol. The highest BCUT2D eigenvalue weighted by Crippen LogP contribution is 2.29. The molecule has 2 fully saturated rings. The fraction of sp³-hybridized carbons (Fsp3) is 0.792. The van der Waals surface area contributed by atoms with Crippen LogP contribution >= 0.6 is 0 Å². The Morgan fingerprint density at radius 1 is 1.08 bits per heavy atom. The number of unbranched alkanes of at least 4 members (excludes halogenated alkanes) is 3. The second-order valence-corrected chi connectivity index (χ2v) is 8.83. The third-order valence-electron chi connectivity index (χ3n) is 6.62. The predicted molar refractivity (Wildman–Crippen MR) is 114 cm³/mol. The van der Waals surface area contributed by atoms with Crippen LogP contribution in [0.3, 0.4) is 0 Å². The average Bonchev–Trinajstić information content (AvgIpc) is 3.11. The van der Waals surface area contributed by atoms with E-state index in [1.165, 1.54) is 121 Å². The van der Waals surface area contributed by atoms with Crippen molar-refractivity contribution >= 4 is 5.71 Å². The molecule has 0 N–H and O–H groups in total. The van der Waals surface area contributed by atoms with Gasteiger partial charge >= 0.3 is 0 Å². The van der Waals surface area contributed by atoms with Gasteiger partial charge in [0, 0.05) is 12.3 Å². The minimum Gasteiger partial charge on any atom is -0.303 e. The van der Waals surface area contributed by atoms with E-state index in [1.54, 1.807) is 5.57 Å². The summed E-state index contributed by atoms with van der Waals surface area (Å²) in [5.41, 5.74) is 4.22. The van der Waals surface area contributed by atoms with Crippen molar-refractivity contribution in [1.82, 2.24) is 4.90 Å². The molecule has 0 unspecified atom stereocenters. The summed E-state index contributed by atoms with van der Waals surface area (Å²) in [5.74, 6) is 1.07. The van der Waals surface area contributed by atoms with Gasteiger partial charge in [0.05, 0.1) is 5.70 Å². The first-order valence-corrected chi connectivity index (χ1v) is 11.5. The molecule has 1 aliphatic heterocycles. The van der Waals surface area contributed by atoms with E-state index in [-0.39, 0.29) is 0 Å². The van der Waals surface area contributed by atoms with Gasteiger partial charge in [-0.25, -0.2) is 0 Å².